The van der Waals surface area contributed by atoms with Crippen LogP contribution in [0, 0.1) is 0 Å². The fourth-order valence-electron chi connectivity index (χ4n) is 2.51. The van der Waals surface area contributed by atoms with Gasteiger partial charge in [-0.05, 0) is 42.5 Å². The van der Waals surface area contributed by atoms with E-state index in [0.717, 1.165) is 10.6 Å². The van der Waals surface area contributed by atoms with Crippen LogP contribution in [0.15, 0.2) is 47.4 Å². The lowest BCUT2D eigenvalue weighted by Crippen LogP contribution is -2.31. The van der Waals surface area contributed by atoms with Crippen LogP contribution in [0.2, 0.25) is 5.02 Å². The summed E-state index contributed by atoms with van der Waals surface area (Å²) < 4.78 is 5.63. The molecule has 1 aliphatic rings. The van der Waals surface area contributed by atoms with Crippen LogP contribution in [0.25, 0.3) is 0 Å². The average Bonchev–Trinajstić information content (AvgIpc) is 2.82. The Labute approximate surface area is 161 Å². The summed E-state index contributed by atoms with van der Waals surface area (Å²) in [6.07, 6.45) is 0.477. The number of thioether (sulfide) groups is 1. The molecule has 7 heteroatoms. The molecule has 3 rings (SSSR count). The van der Waals surface area contributed by atoms with Crippen molar-refractivity contribution in [2.75, 3.05) is 31.3 Å². The molecule has 2 amide bonds. The first kappa shape index (κ1) is 18.6. The van der Waals surface area contributed by atoms with Crippen molar-refractivity contribution < 1.29 is 14.3 Å². The van der Waals surface area contributed by atoms with Gasteiger partial charge < -0.3 is 15.0 Å². The van der Waals surface area contributed by atoms with Gasteiger partial charge in [0, 0.05) is 34.7 Å². The molecule has 0 bridgehead atoms. The van der Waals surface area contributed by atoms with Gasteiger partial charge in [-0.25, -0.2) is 0 Å². The van der Waals surface area contributed by atoms with Gasteiger partial charge in [-0.2, -0.15) is 0 Å². The van der Waals surface area contributed by atoms with E-state index in [1.165, 1.54) is 0 Å². The van der Waals surface area contributed by atoms with E-state index in [4.69, 9.17) is 16.3 Å². The van der Waals surface area contributed by atoms with Crippen molar-refractivity contribution in [3.05, 3.63) is 53.1 Å². The highest BCUT2D eigenvalue weighted by Gasteiger charge is 2.17. The summed E-state index contributed by atoms with van der Waals surface area (Å²) in [5.74, 6) is 1.32. The van der Waals surface area contributed by atoms with Crippen molar-refractivity contribution in [1.82, 2.24) is 4.90 Å². The molecule has 0 spiro atoms. The Morgan fingerprint density at radius 3 is 2.81 bits per heavy atom. The molecule has 2 aromatic rings. The van der Waals surface area contributed by atoms with Gasteiger partial charge in [-0.1, -0.05) is 11.6 Å². The number of amides is 2. The van der Waals surface area contributed by atoms with Crippen LogP contribution in [0.5, 0.6) is 5.75 Å². The Morgan fingerprint density at radius 2 is 2.04 bits per heavy atom. The zero-order valence-corrected chi connectivity index (χ0v) is 15.9. The Bertz CT molecular complexity index is 811. The van der Waals surface area contributed by atoms with E-state index >= 15 is 0 Å². The largest absolute Gasteiger partial charge is 0.492 e. The molecule has 26 heavy (non-hydrogen) atoms. The minimum atomic E-state index is -0.115. The van der Waals surface area contributed by atoms with Gasteiger partial charge in [0.05, 0.1) is 12.2 Å². The van der Waals surface area contributed by atoms with Gasteiger partial charge in [0.15, 0.2) is 0 Å². The molecular weight excluding hydrogens is 372 g/mol. The zero-order chi connectivity index (χ0) is 18.5. The molecule has 0 radical (unpaired) electrons. The van der Waals surface area contributed by atoms with Gasteiger partial charge in [0.25, 0.3) is 5.91 Å². The number of hydrogen-bond donors (Lipinski definition) is 1. The molecule has 1 N–H and O–H groups in total. The predicted molar refractivity (Wildman–Crippen MR) is 104 cm³/mol. The van der Waals surface area contributed by atoms with Gasteiger partial charge in [-0.15, -0.1) is 11.8 Å². The molecule has 2 aromatic carbocycles. The van der Waals surface area contributed by atoms with E-state index in [-0.39, 0.29) is 11.8 Å². The SMILES string of the molecule is CN(CCOc1ccc(Cl)cc1)C(=O)c1ccc2c(c1)NC(=O)CCS2. The highest BCUT2D eigenvalue weighted by Crippen LogP contribution is 2.31. The smallest absolute Gasteiger partial charge is 0.253 e. The lowest BCUT2D eigenvalue weighted by Gasteiger charge is -2.18. The molecule has 1 aliphatic heterocycles. The molecular formula is C19H19ClN2O3S. The van der Waals surface area contributed by atoms with Gasteiger partial charge in [0.2, 0.25) is 5.91 Å². The second kappa shape index (κ2) is 8.47. The third-order valence-corrected chi connectivity index (χ3v) is 5.27. The molecule has 0 saturated heterocycles. The third-order valence-electron chi connectivity index (χ3n) is 3.94. The maximum absolute atomic E-state index is 12.6. The van der Waals surface area contributed by atoms with Crippen LogP contribution < -0.4 is 10.1 Å². The molecule has 0 unspecified atom stereocenters. The van der Waals surface area contributed by atoms with Crippen LogP contribution in [0.1, 0.15) is 16.8 Å². The fourth-order valence-corrected chi connectivity index (χ4v) is 3.57. The number of carbonyl (C=O) groups excluding carboxylic acids is 2. The number of nitrogens with zero attached hydrogens (tertiary/aromatic N) is 1. The van der Waals surface area contributed by atoms with Crippen LogP contribution in [0.4, 0.5) is 5.69 Å². The first-order valence-electron chi connectivity index (χ1n) is 8.23. The Balaban J connectivity index is 1.59. The lowest BCUT2D eigenvalue weighted by atomic mass is 10.1. The Morgan fingerprint density at radius 1 is 1.27 bits per heavy atom. The van der Waals surface area contributed by atoms with Crippen molar-refractivity contribution in [2.24, 2.45) is 0 Å². The number of halogens is 1. The van der Waals surface area contributed by atoms with Crippen molar-refractivity contribution in [3.8, 4) is 5.75 Å². The maximum Gasteiger partial charge on any atom is 0.253 e. The monoisotopic (exact) mass is 390 g/mol. The number of hydrogen-bond acceptors (Lipinski definition) is 4. The van der Waals surface area contributed by atoms with Gasteiger partial charge in [0.1, 0.15) is 12.4 Å². The molecule has 5 nitrogen and oxygen atoms in total. The number of nitrogens with one attached hydrogen (secondary N) is 1. The standard InChI is InChI=1S/C19H19ClN2O3S/c1-22(9-10-25-15-5-3-14(20)4-6-15)19(24)13-2-7-17-16(12-13)21-18(23)8-11-26-17/h2-7,12H,8-11H2,1H3,(H,21,23). The number of rotatable bonds is 5. The first-order chi connectivity index (χ1) is 12.5. The van der Waals surface area contributed by atoms with E-state index in [1.807, 2.05) is 6.07 Å². The summed E-state index contributed by atoms with van der Waals surface area (Å²) in [7, 11) is 1.73. The number of carbonyl (C=O) groups is 2. The number of benzene rings is 2. The summed E-state index contributed by atoms with van der Waals surface area (Å²) in [6, 6.07) is 12.5. The van der Waals surface area contributed by atoms with Gasteiger partial charge in [-0.3, -0.25) is 9.59 Å². The van der Waals surface area contributed by atoms with Crippen LogP contribution >= 0.6 is 23.4 Å². The number of fused-ring (bicyclic) bond motifs is 1. The molecule has 0 atom stereocenters. The highest BCUT2D eigenvalue weighted by atomic mass is 35.5. The molecule has 136 valence electrons. The summed E-state index contributed by atoms with van der Waals surface area (Å²) in [5, 5.41) is 3.51. The molecule has 1 heterocycles. The molecule has 0 aromatic heterocycles. The Hall–Kier alpha value is -2.18. The predicted octanol–water partition coefficient (Wildman–Crippen LogP) is 3.93. The van der Waals surface area contributed by atoms with Crippen molar-refractivity contribution >= 4 is 40.9 Å². The third kappa shape index (κ3) is 4.71. The average molecular weight is 391 g/mol. The highest BCUT2D eigenvalue weighted by molar-refractivity contribution is 7.99. The minimum Gasteiger partial charge on any atom is -0.492 e. The zero-order valence-electron chi connectivity index (χ0n) is 14.3. The van der Waals surface area contributed by atoms with Crippen LogP contribution in [-0.4, -0.2) is 42.7 Å². The topological polar surface area (TPSA) is 58.6 Å². The fraction of sp³-hybridized carbons (Fsp3) is 0.263. The van der Waals surface area contributed by atoms with Crippen LogP contribution in [-0.2, 0) is 4.79 Å². The lowest BCUT2D eigenvalue weighted by molar-refractivity contribution is -0.115. The normalized spacial score (nSPS) is 13.4. The van der Waals surface area contributed by atoms with Gasteiger partial charge >= 0.3 is 0 Å². The van der Waals surface area contributed by atoms with E-state index in [0.29, 0.717) is 41.6 Å². The molecule has 0 aliphatic carbocycles. The number of anilines is 1. The second-order valence-corrected chi connectivity index (χ2v) is 7.46. The van der Waals surface area contributed by atoms with E-state index in [1.54, 1.807) is 60.1 Å². The van der Waals surface area contributed by atoms with E-state index in [9.17, 15) is 9.59 Å². The number of ether oxygens (including phenoxy) is 1. The van der Waals surface area contributed by atoms with E-state index < -0.39 is 0 Å². The summed E-state index contributed by atoms with van der Waals surface area (Å²) in [6.45, 7) is 0.820. The maximum atomic E-state index is 12.6. The quantitative estimate of drug-likeness (QED) is 0.840. The minimum absolute atomic E-state index is 0.0226. The Kier molecular flexibility index (Phi) is 6.06. The summed E-state index contributed by atoms with van der Waals surface area (Å²) in [4.78, 5) is 26.9. The van der Waals surface area contributed by atoms with Crippen molar-refractivity contribution in [1.29, 1.82) is 0 Å². The number of likely N-dealkylation sites (N-methyl/N-ethyl adjacent to an activating group) is 1. The molecule has 0 fully saturated rings. The van der Waals surface area contributed by atoms with Crippen molar-refractivity contribution in [3.63, 3.8) is 0 Å². The molecule has 0 saturated carbocycles. The van der Waals surface area contributed by atoms with Crippen molar-refractivity contribution in [2.45, 2.75) is 11.3 Å². The van der Waals surface area contributed by atoms with E-state index in [2.05, 4.69) is 5.32 Å². The second-order valence-electron chi connectivity index (χ2n) is 5.89. The van der Waals surface area contributed by atoms with Crippen LogP contribution in [0.3, 0.4) is 0 Å². The summed E-state index contributed by atoms with van der Waals surface area (Å²) in [5.41, 5.74) is 1.25. The summed E-state index contributed by atoms with van der Waals surface area (Å²) >= 11 is 7.46. The first-order valence-corrected chi connectivity index (χ1v) is 9.60.